The first kappa shape index (κ1) is 15.0. The minimum absolute atomic E-state index is 0.00600. The molecular weight excluding hydrogens is 310 g/mol. The lowest BCUT2D eigenvalue weighted by molar-refractivity contribution is -0.121. The number of fused-ring (bicyclic) bond motifs is 1. The fourth-order valence-corrected chi connectivity index (χ4v) is 3.44. The Morgan fingerprint density at radius 2 is 2.10 bits per heavy atom. The van der Waals surface area contributed by atoms with E-state index in [0.29, 0.717) is 17.3 Å². The Morgan fingerprint density at radius 1 is 1.33 bits per heavy atom. The lowest BCUT2D eigenvalue weighted by Gasteiger charge is -2.41. The summed E-state index contributed by atoms with van der Waals surface area (Å²) < 4.78 is 10.9. The number of carbonyl (C=O) groups excluding carboxylic acids is 1. The molecule has 4 nitrogen and oxygen atoms in total. The Balaban J connectivity index is 1.90. The number of carbonyl (C=O) groups is 1. The fraction of sp³-hybridized carbons (Fsp3) is 0.533. The van der Waals surface area contributed by atoms with Crippen LogP contribution in [0.1, 0.15) is 12.8 Å². The van der Waals surface area contributed by atoms with Gasteiger partial charge in [0.05, 0.1) is 5.69 Å². The highest BCUT2D eigenvalue weighted by atomic mass is 35.5. The minimum atomic E-state index is -0.0302. The number of rotatable bonds is 3. The van der Waals surface area contributed by atoms with Crippen LogP contribution >= 0.6 is 24.2 Å². The van der Waals surface area contributed by atoms with Crippen LogP contribution < -0.4 is 9.64 Å². The van der Waals surface area contributed by atoms with E-state index in [0.717, 1.165) is 37.5 Å². The van der Waals surface area contributed by atoms with Gasteiger partial charge in [0.25, 0.3) is 5.91 Å². The molecule has 0 spiro atoms. The molecule has 0 radical (unpaired) electrons. The molecule has 0 aliphatic carbocycles. The van der Waals surface area contributed by atoms with Crippen LogP contribution in [0.5, 0.6) is 5.75 Å². The molecule has 0 atom stereocenters. The average Bonchev–Trinajstić information content (AvgIpc) is 2.51. The third kappa shape index (κ3) is 3.00. The Labute approximate surface area is 134 Å². The highest BCUT2D eigenvalue weighted by Crippen LogP contribution is 2.39. The topological polar surface area (TPSA) is 38.8 Å². The zero-order chi connectivity index (χ0) is 14.9. The highest BCUT2D eigenvalue weighted by molar-refractivity contribution is 7.80. The van der Waals surface area contributed by atoms with Gasteiger partial charge in [-0.1, -0.05) is 11.6 Å². The first-order chi connectivity index (χ1) is 10.1. The molecule has 1 amide bonds. The lowest BCUT2D eigenvalue weighted by atomic mass is 9.81. The quantitative estimate of drug-likeness (QED) is 0.868. The van der Waals surface area contributed by atoms with Crippen molar-refractivity contribution in [3.05, 3.63) is 23.2 Å². The largest absolute Gasteiger partial charge is 0.482 e. The molecule has 2 aliphatic rings. The van der Waals surface area contributed by atoms with E-state index in [2.05, 4.69) is 12.6 Å². The highest BCUT2D eigenvalue weighted by Gasteiger charge is 2.37. The zero-order valence-electron chi connectivity index (χ0n) is 11.7. The third-order valence-corrected chi connectivity index (χ3v) is 5.15. The minimum Gasteiger partial charge on any atom is -0.482 e. The zero-order valence-corrected chi connectivity index (χ0v) is 13.3. The first-order valence-electron chi connectivity index (χ1n) is 7.05. The molecule has 0 aromatic heterocycles. The van der Waals surface area contributed by atoms with Crippen LogP contribution in [0.3, 0.4) is 0 Å². The van der Waals surface area contributed by atoms with Crippen LogP contribution in [-0.2, 0) is 9.53 Å². The van der Waals surface area contributed by atoms with Crippen molar-refractivity contribution in [1.82, 2.24) is 0 Å². The summed E-state index contributed by atoms with van der Waals surface area (Å²) in [4.78, 5) is 14.1. The van der Waals surface area contributed by atoms with Crippen LogP contribution in [0.2, 0.25) is 5.02 Å². The van der Waals surface area contributed by atoms with E-state index < -0.39 is 0 Å². The van der Waals surface area contributed by atoms with Crippen LogP contribution in [0.4, 0.5) is 5.69 Å². The van der Waals surface area contributed by atoms with Gasteiger partial charge in [0, 0.05) is 30.2 Å². The maximum Gasteiger partial charge on any atom is 0.265 e. The van der Waals surface area contributed by atoms with E-state index in [1.165, 1.54) is 0 Å². The van der Waals surface area contributed by atoms with Gasteiger partial charge in [-0.2, -0.15) is 12.6 Å². The Hall–Kier alpha value is -0.910. The SMILES string of the molecule is O=C1COc2ccc(Cl)cc2N1CC1(CS)CCOCC1. The van der Waals surface area contributed by atoms with Gasteiger partial charge in [-0.15, -0.1) is 0 Å². The number of anilines is 1. The maximum atomic E-state index is 12.3. The molecule has 0 saturated carbocycles. The van der Waals surface area contributed by atoms with E-state index in [1.807, 2.05) is 6.07 Å². The standard InChI is InChI=1S/C15H18ClNO3S/c16-11-1-2-13-12(7-11)17(14(18)8-20-13)9-15(10-21)3-5-19-6-4-15/h1-2,7,21H,3-6,8-10H2. The fourth-order valence-electron chi connectivity index (χ4n) is 2.85. The number of amides is 1. The molecule has 0 unspecified atom stereocenters. The molecule has 21 heavy (non-hydrogen) atoms. The van der Waals surface area contributed by atoms with Gasteiger partial charge in [0.2, 0.25) is 0 Å². The van der Waals surface area contributed by atoms with Crippen molar-refractivity contribution in [2.45, 2.75) is 12.8 Å². The van der Waals surface area contributed by atoms with E-state index in [4.69, 9.17) is 21.1 Å². The summed E-state index contributed by atoms with van der Waals surface area (Å²) in [6, 6.07) is 5.38. The monoisotopic (exact) mass is 327 g/mol. The third-order valence-electron chi connectivity index (χ3n) is 4.25. The van der Waals surface area contributed by atoms with Crippen molar-refractivity contribution >= 4 is 35.8 Å². The summed E-state index contributed by atoms with van der Waals surface area (Å²) in [5.74, 6) is 1.41. The molecule has 1 saturated heterocycles. The molecule has 0 N–H and O–H groups in total. The van der Waals surface area contributed by atoms with Gasteiger partial charge in [0.15, 0.2) is 6.61 Å². The summed E-state index contributed by atoms with van der Waals surface area (Å²) in [7, 11) is 0. The average molecular weight is 328 g/mol. The van der Waals surface area contributed by atoms with E-state index in [9.17, 15) is 4.79 Å². The van der Waals surface area contributed by atoms with Crippen molar-refractivity contribution in [1.29, 1.82) is 0 Å². The van der Waals surface area contributed by atoms with E-state index in [-0.39, 0.29) is 17.9 Å². The van der Waals surface area contributed by atoms with Gasteiger partial charge in [-0.25, -0.2) is 0 Å². The molecule has 1 aromatic rings. The van der Waals surface area contributed by atoms with Gasteiger partial charge in [0.1, 0.15) is 5.75 Å². The molecule has 2 heterocycles. The molecule has 1 aromatic carbocycles. The number of nitrogens with zero attached hydrogens (tertiary/aromatic N) is 1. The van der Waals surface area contributed by atoms with Crippen molar-refractivity contribution < 1.29 is 14.3 Å². The summed E-state index contributed by atoms with van der Waals surface area (Å²) in [6.07, 6.45) is 1.83. The van der Waals surface area contributed by atoms with Crippen LogP contribution in [0.25, 0.3) is 0 Å². The Kier molecular flexibility index (Phi) is 4.33. The Morgan fingerprint density at radius 3 is 2.81 bits per heavy atom. The second-order valence-electron chi connectivity index (χ2n) is 5.65. The number of thiol groups is 1. The van der Waals surface area contributed by atoms with Crippen molar-refractivity contribution in [2.75, 3.05) is 37.0 Å². The molecule has 2 aliphatic heterocycles. The van der Waals surface area contributed by atoms with Crippen molar-refractivity contribution in [3.63, 3.8) is 0 Å². The molecule has 1 fully saturated rings. The maximum absolute atomic E-state index is 12.3. The second kappa shape index (κ2) is 6.07. The molecule has 6 heteroatoms. The Bertz CT molecular complexity index is 546. The summed E-state index contributed by atoms with van der Waals surface area (Å²) in [6.45, 7) is 2.16. The predicted octanol–water partition coefficient (Wildman–Crippen LogP) is 2.79. The van der Waals surface area contributed by atoms with Crippen LogP contribution in [-0.4, -0.2) is 38.0 Å². The van der Waals surface area contributed by atoms with E-state index in [1.54, 1.807) is 17.0 Å². The van der Waals surface area contributed by atoms with Crippen molar-refractivity contribution in [3.8, 4) is 5.75 Å². The van der Waals surface area contributed by atoms with Crippen LogP contribution in [0, 0.1) is 5.41 Å². The summed E-state index contributed by atoms with van der Waals surface area (Å²) >= 11 is 10.6. The van der Waals surface area contributed by atoms with Crippen LogP contribution in [0.15, 0.2) is 18.2 Å². The smallest absolute Gasteiger partial charge is 0.265 e. The lowest BCUT2D eigenvalue weighted by Crippen LogP contribution is -2.48. The van der Waals surface area contributed by atoms with Gasteiger partial charge in [-0.05, 0) is 36.8 Å². The van der Waals surface area contributed by atoms with Crippen molar-refractivity contribution in [2.24, 2.45) is 5.41 Å². The number of benzene rings is 1. The van der Waals surface area contributed by atoms with Gasteiger partial charge in [-0.3, -0.25) is 4.79 Å². The normalized spacial score (nSPS) is 20.9. The number of halogens is 1. The van der Waals surface area contributed by atoms with E-state index >= 15 is 0 Å². The number of hydrogen-bond acceptors (Lipinski definition) is 4. The summed E-state index contributed by atoms with van der Waals surface area (Å²) in [5, 5.41) is 0.601. The second-order valence-corrected chi connectivity index (χ2v) is 6.40. The summed E-state index contributed by atoms with van der Waals surface area (Å²) in [5.41, 5.74) is 0.750. The molecule has 3 rings (SSSR count). The predicted molar refractivity (Wildman–Crippen MR) is 85.6 cm³/mol. The van der Waals surface area contributed by atoms with Gasteiger partial charge < -0.3 is 14.4 Å². The molecule has 114 valence electrons. The molecular formula is C15H18ClNO3S. The molecule has 0 bridgehead atoms. The number of hydrogen-bond donors (Lipinski definition) is 1. The first-order valence-corrected chi connectivity index (χ1v) is 8.06. The van der Waals surface area contributed by atoms with Gasteiger partial charge >= 0.3 is 0 Å². The number of ether oxygens (including phenoxy) is 2.